The van der Waals surface area contributed by atoms with E-state index in [1.54, 1.807) is 44.2 Å². The first kappa shape index (κ1) is 15.5. The quantitative estimate of drug-likeness (QED) is 0.534. The molecule has 0 atom stereocenters. The number of amides is 1. The fourth-order valence-electron chi connectivity index (χ4n) is 1.91. The summed E-state index contributed by atoms with van der Waals surface area (Å²) >= 11 is 0. The molecule has 1 heterocycles. The van der Waals surface area contributed by atoms with Gasteiger partial charge in [0, 0.05) is 0 Å². The van der Waals surface area contributed by atoms with Crippen LogP contribution in [0.4, 0.5) is 0 Å². The minimum absolute atomic E-state index is 0.336. The molecule has 1 aromatic heterocycles. The van der Waals surface area contributed by atoms with E-state index in [4.69, 9.17) is 4.42 Å². The molecular weight excluding hydrogens is 284 g/mol. The molecule has 0 aliphatic rings. The van der Waals surface area contributed by atoms with Crippen molar-refractivity contribution in [2.75, 3.05) is 7.11 Å². The van der Waals surface area contributed by atoms with Crippen LogP contribution in [0.2, 0.25) is 0 Å². The molecule has 0 aliphatic heterocycles. The Labute approximate surface area is 127 Å². The summed E-state index contributed by atoms with van der Waals surface area (Å²) in [5.74, 6) is 0.483. The molecule has 0 fully saturated rings. The smallest absolute Gasteiger partial charge is 0.337 e. The van der Waals surface area contributed by atoms with Crippen molar-refractivity contribution >= 4 is 18.1 Å². The lowest BCUT2D eigenvalue weighted by Crippen LogP contribution is -2.17. The zero-order chi connectivity index (χ0) is 16.1. The Morgan fingerprint density at radius 2 is 1.91 bits per heavy atom. The van der Waals surface area contributed by atoms with Crippen LogP contribution in [0, 0.1) is 13.8 Å². The van der Waals surface area contributed by atoms with Crippen LogP contribution < -0.4 is 5.43 Å². The first-order chi connectivity index (χ1) is 10.5. The first-order valence-corrected chi connectivity index (χ1v) is 6.60. The lowest BCUT2D eigenvalue weighted by Gasteiger charge is -2.00. The molecule has 1 N–H and O–H groups in total. The van der Waals surface area contributed by atoms with Crippen LogP contribution in [0.1, 0.15) is 37.8 Å². The molecule has 0 saturated heterocycles. The first-order valence-electron chi connectivity index (χ1n) is 6.60. The van der Waals surface area contributed by atoms with Crippen LogP contribution in [0.15, 0.2) is 39.9 Å². The van der Waals surface area contributed by atoms with Gasteiger partial charge < -0.3 is 9.15 Å². The van der Waals surface area contributed by atoms with Crippen molar-refractivity contribution in [3.63, 3.8) is 0 Å². The van der Waals surface area contributed by atoms with E-state index in [1.807, 2.05) is 0 Å². The van der Waals surface area contributed by atoms with Gasteiger partial charge >= 0.3 is 5.97 Å². The molecule has 22 heavy (non-hydrogen) atoms. The van der Waals surface area contributed by atoms with Crippen molar-refractivity contribution in [2.45, 2.75) is 13.8 Å². The minimum atomic E-state index is -0.400. The highest BCUT2D eigenvalue weighted by atomic mass is 16.5. The molecule has 0 aliphatic carbocycles. The van der Waals surface area contributed by atoms with Crippen molar-refractivity contribution in [3.05, 3.63) is 58.5 Å². The molecule has 0 unspecified atom stereocenters. The van der Waals surface area contributed by atoms with Gasteiger partial charge in [0.1, 0.15) is 11.5 Å². The van der Waals surface area contributed by atoms with Crippen LogP contribution in [-0.2, 0) is 4.74 Å². The van der Waals surface area contributed by atoms with Crippen molar-refractivity contribution in [3.8, 4) is 0 Å². The van der Waals surface area contributed by atoms with Crippen molar-refractivity contribution in [1.29, 1.82) is 0 Å². The molecule has 6 heteroatoms. The molecule has 6 nitrogen and oxygen atoms in total. The Morgan fingerprint density at radius 3 is 2.45 bits per heavy atom. The van der Waals surface area contributed by atoms with Crippen LogP contribution in [0.5, 0.6) is 0 Å². The summed E-state index contributed by atoms with van der Waals surface area (Å²) in [6.45, 7) is 3.49. The number of esters is 1. The topological polar surface area (TPSA) is 80.9 Å². The fourth-order valence-corrected chi connectivity index (χ4v) is 1.91. The highest BCUT2D eigenvalue weighted by Gasteiger charge is 2.12. The van der Waals surface area contributed by atoms with Crippen LogP contribution in [-0.4, -0.2) is 25.2 Å². The minimum Gasteiger partial charge on any atom is -0.466 e. The zero-order valence-corrected chi connectivity index (χ0v) is 12.5. The molecule has 0 saturated carbocycles. The van der Waals surface area contributed by atoms with Gasteiger partial charge in [0.2, 0.25) is 0 Å². The SMILES string of the molecule is COC(=O)c1ccc(C=NNC(=O)c2cc(C)oc2C)cc1. The monoisotopic (exact) mass is 300 g/mol. The third-order valence-electron chi connectivity index (χ3n) is 3.00. The maximum Gasteiger partial charge on any atom is 0.337 e. The van der Waals surface area contributed by atoms with Gasteiger partial charge in [0.25, 0.3) is 5.91 Å². The Kier molecular flexibility index (Phi) is 4.73. The van der Waals surface area contributed by atoms with Crippen LogP contribution >= 0.6 is 0 Å². The number of nitrogens with one attached hydrogen (secondary N) is 1. The third kappa shape index (κ3) is 3.60. The predicted octanol–water partition coefficient (Wildman–Crippen LogP) is 2.45. The maximum atomic E-state index is 11.9. The van der Waals surface area contributed by atoms with Gasteiger partial charge in [0.05, 0.1) is 24.5 Å². The second-order valence-electron chi connectivity index (χ2n) is 4.64. The van der Waals surface area contributed by atoms with Gasteiger partial charge in [-0.05, 0) is 37.6 Å². The van der Waals surface area contributed by atoms with Crippen molar-refractivity contribution < 1.29 is 18.7 Å². The number of carbonyl (C=O) groups is 2. The number of rotatable bonds is 4. The van der Waals surface area contributed by atoms with E-state index < -0.39 is 5.97 Å². The molecule has 1 aromatic carbocycles. The summed E-state index contributed by atoms with van der Waals surface area (Å²) in [4.78, 5) is 23.2. The number of carbonyl (C=O) groups excluding carboxylic acids is 2. The van der Waals surface area contributed by atoms with Gasteiger partial charge in [-0.2, -0.15) is 5.10 Å². The van der Waals surface area contributed by atoms with E-state index in [9.17, 15) is 9.59 Å². The summed E-state index contributed by atoms with van der Waals surface area (Å²) in [5, 5.41) is 3.88. The number of ether oxygens (including phenoxy) is 1. The van der Waals surface area contributed by atoms with Gasteiger partial charge in [-0.3, -0.25) is 4.79 Å². The van der Waals surface area contributed by atoms with Gasteiger partial charge in [-0.25, -0.2) is 10.2 Å². The van der Waals surface area contributed by atoms with Gasteiger partial charge in [0.15, 0.2) is 0 Å². The molecule has 0 radical (unpaired) electrons. The largest absolute Gasteiger partial charge is 0.466 e. The number of hydrogen-bond donors (Lipinski definition) is 1. The Bertz CT molecular complexity index is 714. The molecular formula is C16H16N2O4. The number of furan rings is 1. The van der Waals surface area contributed by atoms with E-state index in [0.717, 1.165) is 5.56 Å². The predicted molar refractivity (Wildman–Crippen MR) is 81.0 cm³/mol. The van der Waals surface area contributed by atoms with Gasteiger partial charge in [-0.1, -0.05) is 12.1 Å². The number of nitrogens with zero attached hydrogens (tertiary/aromatic N) is 1. The Balaban J connectivity index is 1.99. The fraction of sp³-hybridized carbons (Fsp3) is 0.188. The number of hydrogen-bond acceptors (Lipinski definition) is 5. The highest BCUT2D eigenvalue weighted by molar-refractivity contribution is 5.96. The average molecular weight is 300 g/mol. The normalized spacial score (nSPS) is 10.7. The summed E-state index contributed by atoms with van der Waals surface area (Å²) in [6.07, 6.45) is 1.49. The molecule has 0 bridgehead atoms. The summed E-state index contributed by atoms with van der Waals surface area (Å²) in [5.41, 5.74) is 4.08. The maximum absolute atomic E-state index is 11.9. The van der Waals surface area contributed by atoms with E-state index in [2.05, 4.69) is 15.3 Å². The number of aryl methyl sites for hydroxylation is 2. The standard InChI is InChI=1S/C16H16N2O4/c1-10-8-14(11(2)22-10)15(19)18-17-9-12-4-6-13(7-5-12)16(20)21-3/h4-9H,1-3H3,(H,18,19). The van der Waals surface area contributed by atoms with Gasteiger partial charge in [-0.15, -0.1) is 0 Å². The van der Waals surface area contributed by atoms with E-state index in [-0.39, 0.29) is 5.91 Å². The number of methoxy groups -OCH3 is 1. The number of hydrazone groups is 1. The summed E-state index contributed by atoms with van der Waals surface area (Å²) in [6, 6.07) is 8.31. The summed E-state index contributed by atoms with van der Waals surface area (Å²) in [7, 11) is 1.33. The molecule has 0 spiro atoms. The summed E-state index contributed by atoms with van der Waals surface area (Å²) < 4.78 is 9.90. The average Bonchev–Trinajstić information content (AvgIpc) is 2.86. The van der Waals surface area contributed by atoms with Crippen LogP contribution in [0.25, 0.3) is 0 Å². The Hall–Kier alpha value is -2.89. The van der Waals surface area contributed by atoms with E-state index >= 15 is 0 Å². The highest BCUT2D eigenvalue weighted by Crippen LogP contribution is 2.13. The molecule has 1 amide bonds. The lowest BCUT2D eigenvalue weighted by atomic mass is 10.1. The molecule has 2 rings (SSSR count). The van der Waals surface area contributed by atoms with Crippen molar-refractivity contribution in [2.24, 2.45) is 5.10 Å². The van der Waals surface area contributed by atoms with Crippen LogP contribution in [0.3, 0.4) is 0 Å². The van der Waals surface area contributed by atoms with Crippen molar-refractivity contribution in [1.82, 2.24) is 5.43 Å². The molecule has 114 valence electrons. The number of benzene rings is 1. The second kappa shape index (κ2) is 6.71. The van der Waals surface area contributed by atoms with E-state index in [1.165, 1.54) is 13.3 Å². The van der Waals surface area contributed by atoms with E-state index in [0.29, 0.717) is 22.6 Å². The molecule has 2 aromatic rings. The Morgan fingerprint density at radius 1 is 1.23 bits per heavy atom. The second-order valence-corrected chi connectivity index (χ2v) is 4.64. The zero-order valence-electron chi connectivity index (χ0n) is 12.5. The lowest BCUT2D eigenvalue weighted by molar-refractivity contribution is 0.0600. The third-order valence-corrected chi connectivity index (χ3v) is 3.00.